The quantitative estimate of drug-likeness (QED) is 0.473. The molecule has 0 saturated heterocycles. The van der Waals surface area contributed by atoms with Gasteiger partial charge in [-0.3, -0.25) is 0 Å². The summed E-state index contributed by atoms with van der Waals surface area (Å²) in [5.41, 5.74) is 9.47. The molecule has 0 fully saturated rings. The van der Waals surface area contributed by atoms with Crippen LogP contribution < -0.4 is 20.5 Å². The molecule has 0 heterocycles. The van der Waals surface area contributed by atoms with Crippen LogP contribution in [-0.2, 0) is 0 Å². The molecule has 1 unspecified atom stereocenters. The van der Waals surface area contributed by atoms with Crippen molar-refractivity contribution < 1.29 is 9.47 Å². The molecule has 0 aliphatic carbocycles. The molecule has 154 valence electrons. The summed E-state index contributed by atoms with van der Waals surface area (Å²) in [6.45, 7) is 0.387. The SMILES string of the molecule is COc1cc(C(CN)Nc2ccc(C#N)cc2)ccc1O[C@@H](CCl)c1ccccc1. The van der Waals surface area contributed by atoms with Crippen LogP contribution in [0.15, 0.2) is 72.8 Å². The molecule has 0 radical (unpaired) electrons. The van der Waals surface area contributed by atoms with E-state index >= 15 is 0 Å². The number of halogens is 1. The van der Waals surface area contributed by atoms with Gasteiger partial charge in [-0.2, -0.15) is 5.26 Å². The van der Waals surface area contributed by atoms with Gasteiger partial charge in [0.25, 0.3) is 0 Å². The van der Waals surface area contributed by atoms with Gasteiger partial charge >= 0.3 is 0 Å². The second-order valence-corrected chi connectivity index (χ2v) is 7.01. The fourth-order valence-electron chi connectivity index (χ4n) is 3.13. The number of hydrogen-bond donors (Lipinski definition) is 2. The Hall–Kier alpha value is -3.20. The molecule has 3 rings (SSSR count). The molecule has 3 aromatic rings. The topological polar surface area (TPSA) is 80.3 Å². The average molecular weight is 422 g/mol. The van der Waals surface area contributed by atoms with Gasteiger partial charge in [0.15, 0.2) is 11.5 Å². The van der Waals surface area contributed by atoms with Crippen molar-refractivity contribution in [1.29, 1.82) is 5.26 Å². The van der Waals surface area contributed by atoms with Crippen LogP contribution in [0, 0.1) is 11.3 Å². The maximum Gasteiger partial charge on any atom is 0.162 e. The van der Waals surface area contributed by atoms with Crippen LogP contribution in [0.3, 0.4) is 0 Å². The Balaban J connectivity index is 1.80. The summed E-state index contributed by atoms with van der Waals surface area (Å²) in [5.74, 6) is 1.55. The normalized spacial score (nSPS) is 12.5. The zero-order valence-electron chi connectivity index (χ0n) is 16.7. The molecule has 3 aromatic carbocycles. The van der Waals surface area contributed by atoms with Crippen molar-refractivity contribution >= 4 is 17.3 Å². The lowest BCUT2D eigenvalue weighted by molar-refractivity contribution is 0.219. The van der Waals surface area contributed by atoms with Crippen LogP contribution in [0.25, 0.3) is 0 Å². The van der Waals surface area contributed by atoms with Crippen LogP contribution in [0.5, 0.6) is 11.5 Å². The number of alkyl halides is 1. The van der Waals surface area contributed by atoms with E-state index in [2.05, 4.69) is 11.4 Å². The second kappa shape index (κ2) is 10.5. The zero-order valence-corrected chi connectivity index (χ0v) is 17.5. The lowest BCUT2D eigenvalue weighted by Gasteiger charge is -2.22. The number of anilines is 1. The Morgan fingerprint density at radius 2 is 1.73 bits per heavy atom. The zero-order chi connectivity index (χ0) is 21.3. The minimum Gasteiger partial charge on any atom is -0.493 e. The highest BCUT2D eigenvalue weighted by Gasteiger charge is 2.17. The maximum atomic E-state index is 8.95. The number of nitrogens with one attached hydrogen (secondary N) is 1. The first kappa shape index (κ1) is 21.5. The third-order valence-corrected chi connectivity index (χ3v) is 5.04. The highest BCUT2D eigenvalue weighted by molar-refractivity contribution is 6.18. The number of nitriles is 1. The Labute approximate surface area is 182 Å². The van der Waals surface area contributed by atoms with E-state index in [1.54, 1.807) is 19.2 Å². The van der Waals surface area contributed by atoms with Crippen molar-refractivity contribution in [3.05, 3.63) is 89.5 Å². The van der Waals surface area contributed by atoms with Crippen LogP contribution >= 0.6 is 11.6 Å². The molecule has 0 bridgehead atoms. The highest BCUT2D eigenvalue weighted by Crippen LogP contribution is 2.34. The van der Waals surface area contributed by atoms with E-state index in [-0.39, 0.29) is 12.1 Å². The van der Waals surface area contributed by atoms with E-state index in [4.69, 9.17) is 32.1 Å². The molecule has 0 aliphatic rings. The number of methoxy groups -OCH3 is 1. The van der Waals surface area contributed by atoms with E-state index in [0.29, 0.717) is 29.5 Å². The standard InChI is InChI=1S/C24H24ClN3O2/c1-29-23-13-19(21(16-27)28-20-10-7-17(15-26)8-11-20)9-12-22(23)30-24(14-25)18-5-3-2-4-6-18/h2-13,21,24,28H,14,16,27H2,1H3/t21?,24-/m0/s1. The van der Waals surface area contributed by atoms with E-state index in [1.165, 1.54) is 0 Å². The number of rotatable bonds is 9. The minimum atomic E-state index is -0.283. The molecule has 5 nitrogen and oxygen atoms in total. The van der Waals surface area contributed by atoms with Gasteiger partial charge in [-0.05, 0) is 47.5 Å². The van der Waals surface area contributed by atoms with Gasteiger partial charge in [-0.25, -0.2) is 0 Å². The first-order valence-electron chi connectivity index (χ1n) is 9.60. The van der Waals surface area contributed by atoms with Crippen LogP contribution in [0.2, 0.25) is 0 Å². The minimum absolute atomic E-state index is 0.126. The monoisotopic (exact) mass is 421 g/mol. The molecule has 0 aliphatic heterocycles. The average Bonchev–Trinajstić information content (AvgIpc) is 2.82. The predicted molar refractivity (Wildman–Crippen MR) is 120 cm³/mol. The van der Waals surface area contributed by atoms with Gasteiger partial charge in [0, 0.05) is 12.2 Å². The van der Waals surface area contributed by atoms with Crippen molar-refractivity contribution in [2.75, 3.05) is 24.9 Å². The first-order chi connectivity index (χ1) is 14.7. The third-order valence-electron chi connectivity index (χ3n) is 4.76. The fourth-order valence-corrected chi connectivity index (χ4v) is 3.37. The smallest absolute Gasteiger partial charge is 0.162 e. The van der Waals surface area contributed by atoms with Crippen LogP contribution in [0.4, 0.5) is 5.69 Å². The number of ether oxygens (including phenoxy) is 2. The summed E-state index contributed by atoms with van der Waals surface area (Å²) in [4.78, 5) is 0. The van der Waals surface area contributed by atoms with Crippen molar-refractivity contribution in [2.24, 2.45) is 5.73 Å². The largest absolute Gasteiger partial charge is 0.493 e. The Bertz CT molecular complexity index is 988. The molecule has 0 spiro atoms. The molecule has 6 heteroatoms. The Morgan fingerprint density at radius 3 is 2.33 bits per heavy atom. The van der Waals surface area contributed by atoms with Gasteiger partial charge in [-0.15, -0.1) is 11.6 Å². The number of hydrogen-bond acceptors (Lipinski definition) is 5. The number of benzene rings is 3. The lowest BCUT2D eigenvalue weighted by atomic mass is 10.1. The number of nitrogens with two attached hydrogens (primary N) is 1. The van der Waals surface area contributed by atoms with Crippen molar-refractivity contribution in [3.8, 4) is 17.6 Å². The summed E-state index contributed by atoms with van der Waals surface area (Å²) < 4.78 is 11.7. The Morgan fingerprint density at radius 1 is 1.00 bits per heavy atom. The predicted octanol–water partition coefficient (Wildman–Crippen LogP) is 5.04. The Kier molecular flexibility index (Phi) is 7.56. The van der Waals surface area contributed by atoms with Gasteiger partial charge < -0.3 is 20.5 Å². The fraction of sp³-hybridized carbons (Fsp3) is 0.208. The second-order valence-electron chi connectivity index (χ2n) is 6.70. The van der Waals surface area contributed by atoms with E-state index in [1.807, 2.05) is 60.7 Å². The third kappa shape index (κ3) is 5.24. The van der Waals surface area contributed by atoms with E-state index in [0.717, 1.165) is 16.8 Å². The molecule has 0 aromatic heterocycles. The summed E-state index contributed by atoms with van der Waals surface area (Å²) in [6, 6.07) is 24.8. The van der Waals surface area contributed by atoms with Gasteiger partial charge in [0.1, 0.15) is 6.10 Å². The van der Waals surface area contributed by atoms with Crippen molar-refractivity contribution in [3.63, 3.8) is 0 Å². The molecule has 0 amide bonds. The summed E-state index contributed by atoms with van der Waals surface area (Å²) in [5, 5.41) is 12.3. The van der Waals surface area contributed by atoms with Gasteiger partial charge in [-0.1, -0.05) is 36.4 Å². The van der Waals surface area contributed by atoms with Gasteiger partial charge in [0.05, 0.1) is 30.7 Å². The van der Waals surface area contributed by atoms with Gasteiger partial charge in [0.2, 0.25) is 0 Å². The maximum absolute atomic E-state index is 8.95. The molecular formula is C24H24ClN3O2. The molecule has 3 N–H and O–H groups in total. The van der Waals surface area contributed by atoms with Crippen molar-refractivity contribution in [2.45, 2.75) is 12.1 Å². The van der Waals surface area contributed by atoms with Crippen LogP contribution in [0.1, 0.15) is 28.8 Å². The molecule has 30 heavy (non-hydrogen) atoms. The lowest BCUT2D eigenvalue weighted by Crippen LogP contribution is -2.20. The van der Waals surface area contributed by atoms with E-state index < -0.39 is 0 Å². The van der Waals surface area contributed by atoms with E-state index in [9.17, 15) is 0 Å². The van der Waals surface area contributed by atoms with Crippen molar-refractivity contribution in [1.82, 2.24) is 0 Å². The molecular weight excluding hydrogens is 398 g/mol. The molecule has 0 saturated carbocycles. The summed E-state index contributed by atoms with van der Waals surface area (Å²) in [6.07, 6.45) is -0.283. The summed E-state index contributed by atoms with van der Waals surface area (Å²) >= 11 is 6.15. The highest BCUT2D eigenvalue weighted by atomic mass is 35.5. The number of nitrogens with zero attached hydrogens (tertiary/aromatic N) is 1. The first-order valence-corrected chi connectivity index (χ1v) is 10.1. The summed E-state index contributed by atoms with van der Waals surface area (Å²) in [7, 11) is 1.61. The molecule has 2 atom stereocenters. The van der Waals surface area contributed by atoms with Crippen LogP contribution in [-0.4, -0.2) is 19.5 Å².